The minimum absolute atomic E-state index is 0.311. The molecule has 0 aromatic heterocycles. The van der Waals surface area contributed by atoms with Gasteiger partial charge in [-0.25, -0.2) is 0 Å². The zero-order valence-electron chi connectivity index (χ0n) is 11.5. The molecule has 0 saturated carbocycles. The monoisotopic (exact) mass is 316 g/mol. The van der Waals surface area contributed by atoms with Crippen molar-refractivity contribution >= 4 is 0 Å². The summed E-state index contributed by atoms with van der Waals surface area (Å²) in [5.74, 6) is -0.235. The average molecular weight is 316 g/mol. The van der Waals surface area contributed by atoms with E-state index in [1.807, 2.05) is 0 Å². The molecule has 0 heterocycles. The van der Waals surface area contributed by atoms with Gasteiger partial charge < -0.3 is 9.47 Å². The van der Waals surface area contributed by atoms with Crippen LogP contribution in [-0.4, -0.2) is 24.1 Å². The van der Waals surface area contributed by atoms with Crippen molar-refractivity contribution in [2.75, 3.05) is 0 Å². The van der Waals surface area contributed by atoms with Crippen LogP contribution in [0.15, 0.2) is 24.3 Å². The second-order valence-corrected chi connectivity index (χ2v) is 5.27. The van der Waals surface area contributed by atoms with Gasteiger partial charge in [0, 0.05) is 0 Å². The van der Waals surface area contributed by atoms with Crippen LogP contribution in [0, 0.1) is 0 Å². The standard InChI is InChI=1S/C13H14F6O2/c1-11(2,3)21-9-6-4-8(5-7-9)20-10(12(14,15)16)13(17,18)19/h4-7,10H,1-3H3. The molecule has 0 fully saturated rings. The number of rotatable bonds is 3. The molecule has 0 bridgehead atoms. The number of halogens is 6. The highest BCUT2D eigenvalue weighted by Gasteiger charge is 2.59. The third-order valence-corrected chi connectivity index (χ3v) is 2.10. The maximum Gasteiger partial charge on any atom is 0.434 e. The van der Waals surface area contributed by atoms with Gasteiger partial charge in [-0.3, -0.25) is 0 Å². The maximum absolute atomic E-state index is 12.3. The van der Waals surface area contributed by atoms with E-state index >= 15 is 0 Å². The predicted molar refractivity (Wildman–Crippen MR) is 63.3 cm³/mol. The molecule has 21 heavy (non-hydrogen) atoms. The van der Waals surface area contributed by atoms with Gasteiger partial charge in [-0.05, 0) is 45.0 Å². The maximum atomic E-state index is 12.3. The molecule has 1 aromatic rings. The van der Waals surface area contributed by atoms with Gasteiger partial charge in [0.05, 0.1) is 0 Å². The zero-order chi connectivity index (χ0) is 16.5. The SMILES string of the molecule is CC(C)(C)Oc1ccc(OC(C(F)(F)F)C(F)(F)F)cc1. The molecule has 0 unspecified atom stereocenters. The first kappa shape index (κ1) is 17.5. The molecule has 0 N–H and O–H groups in total. The van der Waals surface area contributed by atoms with Crippen LogP contribution in [0.25, 0.3) is 0 Å². The summed E-state index contributed by atoms with van der Waals surface area (Å²) in [5.41, 5.74) is -0.539. The first-order chi connectivity index (χ1) is 9.29. The summed E-state index contributed by atoms with van der Waals surface area (Å²) in [5, 5.41) is 0. The molecule has 0 atom stereocenters. The average Bonchev–Trinajstić information content (AvgIpc) is 2.22. The van der Waals surface area contributed by atoms with E-state index in [1.165, 1.54) is 12.1 Å². The Labute approximate surface area is 117 Å². The minimum Gasteiger partial charge on any atom is -0.488 e. The smallest absolute Gasteiger partial charge is 0.434 e. The normalized spacial score (nSPS) is 13.4. The Morgan fingerprint density at radius 2 is 1.14 bits per heavy atom. The molecular formula is C13H14F6O2. The van der Waals surface area contributed by atoms with Crippen LogP contribution in [0.2, 0.25) is 0 Å². The Morgan fingerprint density at radius 1 is 0.762 bits per heavy atom. The second-order valence-electron chi connectivity index (χ2n) is 5.27. The van der Waals surface area contributed by atoms with Crippen LogP contribution in [0.3, 0.4) is 0 Å². The third kappa shape index (κ3) is 5.73. The summed E-state index contributed by atoms with van der Waals surface area (Å²) in [6, 6.07) is 4.46. The van der Waals surface area contributed by atoms with Crippen LogP contribution < -0.4 is 9.47 Å². The van der Waals surface area contributed by atoms with E-state index in [9.17, 15) is 26.3 Å². The Kier molecular flexibility index (Phi) is 4.70. The summed E-state index contributed by atoms with van der Waals surface area (Å²) < 4.78 is 83.4. The van der Waals surface area contributed by atoms with E-state index < -0.39 is 29.8 Å². The first-order valence-electron chi connectivity index (χ1n) is 5.88. The van der Waals surface area contributed by atoms with Crippen LogP contribution in [0.4, 0.5) is 26.3 Å². The zero-order valence-corrected chi connectivity index (χ0v) is 11.5. The molecule has 0 aliphatic heterocycles. The second kappa shape index (κ2) is 5.65. The fourth-order valence-corrected chi connectivity index (χ4v) is 1.40. The van der Waals surface area contributed by atoms with Gasteiger partial charge in [-0.2, -0.15) is 26.3 Å². The predicted octanol–water partition coefficient (Wildman–Crippen LogP) is 4.74. The molecule has 1 aromatic carbocycles. The van der Waals surface area contributed by atoms with Crippen LogP contribution in [0.5, 0.6) is 11.5 Å². The van der Waals surface area contributed by atoms with Gasteiger partial charge in [-0.15, -0.1) is 0 Å². The van der Waals surface area contributed by atoms with Crippen LogP contribution in [-0.2, 0) is 0 Å². The van der Waals surface area contributed by atoms with E-state index in [1.54, 1.807) is 20.8 Å². The molecule has 8 heteroatoms. The largest absolute Gasteiger partial charge is 0.488 e. The highest BCUT2D eigenvalue weighted by atomic mass is 19.4. The Morgan fingerprint density at radius 3 is 1.48 bits per heavy atom. The molecule has 0 amide bonds. The first-order valence-corrected chi connectivity index (χ1v) is 5.88. The summed E-state index contributed by atoms with van der Waals surface area (Å²) in [7, 11) is 0. The fraction of sp³-hybridized carbons (Fsp3) is 0.538. The summed E-state index contributed by atoms with van der Waals surface area (Å²) in [6.45, 7) is 5.25. The molecule has 0 aliphatic carbocycles. The fourth-order valence-electron chi connectivity index (χ4n) is 1.40. The van der Waals surface area contributed by atoms with Crippen LogP contribution in [0.1, 0.15) is 20.8 Å². The van der Waals surface area contributed by atoms with E-state index in [-0.39, 0.29) is 0 Å². The van der Waals surface area contributed by atoms with Gasteiger partial charge in [0.25, 0.3) is 6.10 Å². The quantitative estimate of drug-likeness (QED) is 0.750. The van der Waals surface area contributed by atoms with E-state index in [4.69, 9.17) is 4.74 Å². The van der Waals surface area contributed by atoms with Crippen molar-refractivity contribution in [3.05, 3.63) is 24.3 Å². The molecule has 0 radical (unpaired) electrons. The lowest BCUT2D eigenvalue weighted by molar-refractivity contribution is -0.299. The van der Waals surface area contributed by atoms with Gasteiger partial charge in [-0.1, -0.05) is 0 Å². The minimum atomic E-state index is -5.54. The number of hydrogen-bond acceptors (Lipinski definition) is 2. The molecule has 0 aliphatic rings. The lowest BCUT2D eigenvalue weighted by atomic mass is 10.2. The molecule has 1 rings (SSSR count). The number of hydrogen-bond donors (Lipinski definition) is 0. The summed E-state index contributed by atoms with van der Waals surface area (Å²) in [4.78, 5) is 0. The Hall–Kier alpha value is -1.60. The van der Waals surface area contributed by atoms with Crippen molar-refractivity contribution < 1.29 is 35.8 Å². The topological polar surface area (TPSA) is 18.5 Å². The highest BCUT2D eigenvalue weighted by Crippen LogP contribution is 2.36. The summed E-state index contributed by atoms with van der Waals surface area (Å²) in [6.07, 6.45) is -14.9. The van der Waals surface area contributed by atoms with E-state index in [0.717, 1.165) is 12.1 Å². The van der Waals surface area contributed by atoms with Crippen molar-refractivity contribution in [2.45, 2.75) is 44.8 Å². The molecular weight excluding hydrogens is 302 g/mol. The van der Waals surface area contributed by atoms with E-state index in [2.05, 4.69) is 4.74 Å². The van der Waals surface area contributed by atoms with E-state index in [0.29, 0.717) is 5.75 Å². The highest BCUT2D eigenvalue weighted by molar-refractivity contribution is 5.32. The Bertz CT molecular complexity index is 442. The molecule has 120 valence electrons. The van der Waals surface area contributed by atoms with Gasteiger partial charge >= 0.3 is 12.4 Å². The van der Waals surface area contributed by atoms with Crippen molar-refractivity contribution in [1.82, 2.24) is 0 Å². The molecule has 0 saturated heterocycles. The number of benzene rings is 1. The van der Waals surface area contributed by atoms with Crippen molar-refractivity contribution in [3.8, 4) is 11.5 Å². The van der Waals surface area contributed by atoms with Gasteiger partial charge in [0.2, 0.25) is 0 Å². The van der Waals surface area contributed by atoms with Crippen molar-refractivity contribution in [1.29, 1.82) is 0 Å². The van der Waals surface area contributed by atoms with Gasteiger partial charge in [0.1, 0.15) is 17.1 Å². The van der Waals surface area contributed by atoms with Crippen molar-refractivity contribution in [3.63, 3.8) is 0 Å². The molecule has 2 nitrogen and oxygen atoms in total. The number of alkyl halides is 6. The Balaban J connectivity index is 2.87. The van der Waals surface area contributed by atoms with Crippen LogP contribution >= 0.6 is 0 Å². The molecule has 0 spiro atoms. The third-order valence-electron chi connectivity index (χ3n) is 2.10. The lowest BCUT2D eigenvalue weighted by Gasteiger charge is -2.24. The summed E-state index contributed by atoms with van der Waals surface area (Å²) >= 11 is 0. The number of ether oxygens (including phenoxy) is 2. The lowest BCUT2D eigenvalue weighted by Crippen LogP contribution is -2.46. The van der Waals surface area contributed by atoms with Crippen molar-refractivity contribution in [2.24, 2.45) is 0 Å². The van der Waals surface area contributed by atoms with Gasteiger partial charge in [0.15, 0.2) is 0 Å².